The summed E-state index contributed by atoms with van der Waals surface area (Å²) in [5.74, 6) is -0.0815. The Morgan fingerprint density at radius 3 is 2.93 bits per heavy atom. The lowest BCUT2D eigenvalue weighted by atomic mass is 10.2. The lowest BCUT2D eigenvalue weighted by molar-refractivity contribution is 0.0691. The first kappa shape index (κ1) is 8.80. The van der Waals surface area contributed by atoms with Gasteiger partial charge in [0.25, 0.3) is 0 Å². The van der Waals surface area contributed by atoms with Crippen LogP contribution in [0.1, 0.15) is 36.0 Å². The minimum absolute atomic E-state index is 0.00639. The van der Waals surface area contributed by atoms with Crippen LogP contribution < -0.4 is 0 Å². The second kappa shape index (κ2) is 2.87. The Labute approximate surface area is 79.7 Å². The predicted molar refractivity (Wildman–Crippen MR) is 49.4 cm³/mol. The van der Waals surface area contributed by atoms with Gasteiger partial charge in [-0.05, 0) is 0 Å². The number of aromatic carboxylic acids is 1. The van der Waals surface area contributed by atoms with Crippen molar-refractivity contribution >= 4 is 17.1 Å². The molecule has 0 radical (unpaired) electrons. The highest BCUT2D eigenvalue weighted by Crippen LogP contribution is 2.25. The van der Waals surface area contributed by atoms with Gasteiger partial charge in [-0.2, -0.15) is 5.10 Å². The van der Waals surface area contributed by atoms with Crippen molar-refractivity contribution in [1.29, 1.82) is 0 Å². The smallest absolute Gasteiger partial charge is 0.357 e. The summed E-state index contributed by atoms with van der Waals surface area (Å²) in [6.45, 7) is 3.95. The first-order valence-corrected chi connectivity index (χ1v) is 4.30. The number of furan rings is 1. The number of carboxylic acid groups (broad SMARTS) is 1. The van der Waals surface area contributed by atoms with Gasteiger partial charge >= 0.3 is 5.97 Å². The van der Waals surface area contributed by atoms with E-state index < -0.39 is 5.97 Å². The summed E-state index contributed by atoms with van der Waals surface area (Å²) in [7, 11) is 0. The molecule has 2 N–H and O–H groups in total. The number of aromatic nitrogens is 2. The van der Waals surface area contributed by atoms with E-state index in [0.29, 0.717) is 11.1 Å². The van der Waals surface area contributed by atoms with Crippen molar-refractivity contribution in [1.82, 2.24) is 10.2 Å². The van der Waals surface area contributed by atoms with Crippen LogP contribution in [0.15, 0.2) is 10.5 Å². The quantitative estimate of drug-likeness (QED) is 0.766. The van der Waals surface area contributed by atoms with E-state index in [9.17, 15) is 4.79 Å². The number of fused-ring (bicyclic) bond motifs is 1. The molecular weight excluding hydrogens is 184 g/mol. The van der Waals surface area contributed by atoms with Crippen LogP contribution in [-0.4, -0.2) is 21.3 Å². The minimum Gasteiger partial charge on any atom is -0.476 e. The molecule has 0 bridgehead atoms. The molecule has 2 rings (SSSR count). The van der Waals surface area contributed by atoms with Crippen LogP contribution in [0.25, 0.3) is 11.1 Å². The third-order valence-electron chi connectivity index (χ3n) is 2.03. The monoisotopic (exact) mass is 194 g/mol. The van der Waals surface area contributed by atoms with E-state index in [2.05, 4.69) is 10.2 Å². The molecule has 0 unspecified atom stereocenters. The summed E-state index contributed by atoms with van der Waals surface area (Å²) in [6.07, 6.45) is 0. The Hall–Kier alpha value is -1.78. The Balaban J connectivity index is 2.61. The summed E-state index contributed by atoms with van der Waals surface area (Å²) < 4.78 is 5.39. The molecular formula is C9H10N2O3. The summed E-state index contributed by atoms with van der Waals surface area (Å²) >= 11 is 0. The zero-order valence-corrected chi connectivity index (χ0v) is 7.87. The SMILES string of the molecule is CC(C)c1cc2n[nH]c(C(=O)O)c2o1. The van der Waals surface area contributed by atoms with Crippen molar-refractivity contribution < 1.29 is 14.3 Å². The van der Waals surface area contributed by atoms with Gasteiger partial charge in [-0.15, -0.1) is 0 Å². The molecule has 5 heteroatoms. The van der Waals surface area contributed by atoms with Crippen molar-refractivity contribution in [2.24, 2.45) is 0 Å². The number of nitrogens with zero attached hydrogens (tertiary/aromatic N) is 1. The molecule has 2 heterocycles. The molecule has 0 atom stereocenters. The molecule has 2 aromatic heterocycles. The third-order valence-corrected chi connectivity index (χ3v) is 2.03. The zero-order chi connectivity index (χ0) is 10.3. The molecule has 14 heavy (non-hydrogen) atoms. The minimum atomic E-state index is -1.06. The maximum atomic E-state index is 10.7. The molecule has 0 fully saturated rings. The van der Waals surface area contributed by atoms with Gasteiger partial charge in [-0.1, -0.05) is 13.8 Å². The van der Waals surface area contributed by atoms with E-state index in [1.165, 1.54) is 0 Å². The van der Waals surface area contributed by atoms with E-state index in [-0.39, 0.29) is 11.6 Å². The van der Waals surface area contributed by atoms with Crippen molar-refractivity contribution in [3.8, 4) is 0 Å². The fourth-order valence-electron chi connectivity index (χ4n) is 1.26. The summed E-state index contributed by atoms with van der Waals surface area (Å²) in [5, 5.41) is 15.0. The van der Waals surface area contributed by atoms with Gasteiger partial charge < -0.3 is 9.52 Å². The average Bonchev–Trinajstić information content (AvgIpc) is 2.58. The molecule has 5 nitrogen and oxygen atoms in total. The van der Waals surface area contributed by atoms with Crippen LogP contribution >= 0.6 is 0 Å². The molecule has 0 aliphatic carbocycles. The van der Waals surface area contributed by atoms with Gasteiger partial charge in [0, 0.05) is 12.0 Å². The maximum Gasteiger partial charge on any atom is 0.357 e. The lowest BCUT2D eigenvalue weighted by Gasteiger charge is -1.96. The predicted octanol–water partition coefficient (Wildman–Crippen LogP) is 1.98. The first-order chi connectivity index (χ1) is 6.59. The first-order valence-electron chi connectivity index (χ1n) is 4.30. The second-order valence-corrected chi connectivity index (χ2v) is 3.42. The van der Waals surface area contributed by atoms with Crippen LogP contribution in [0.5, 0.6) is 0 Å². The standard InChI is InChI=1S/C9H10N2O3/c1-4(2)6-3-5-8(14-6)7(9(12)13)11-10-5/h3-4H,1-2H3,(H,10,11)(H,12,13). The van der Waals surface area contributed by atoms with Gasteiger partial charge in [-0.25, -0.2) is 4.79 Å². The number of carboxylic acids is 1. The summed E-state index contributed by atoms with van der Waals surface area (Å²) in [4.78, 5) is 10.7. The van der Waals surface area contributed by atoms with E-state index in [1.54, 1.807) is 6.07 Å². The molecule has 0 saturated carbocycles. The summed E-state index contributed by atoms with van der Waals surface area (Å²) in [5.41, 5.74) is 0.888. The second-order valence-electron chi connectivity index (χ2n) is 3.42. The Kier molecular flexibility index (Phi) is 1.80. The van der Waals surface area contributed by atoms with E-state index >= 15 is 0 Å². The average molecular weight is 194 g/mol. The van der Waals surface area contributed by atoms with E-state index in [1.807, 2.05) is 13.8 Å². The van der Waals surface area contributed by atoms with Crippen LogP contribution in [-0.2, 0) is 0 Å². The van der Waals surface area contributed by atoms with Crippen molar-refractivity contribution in [3.05, 3.63) is 17.5 Å². The van der Waals surface area contributed by atoms with Crippen LogP contribution in [0, 0.1) is 0 Å². The Morgan fingerprint density at radius 2 is 2.36 bits per heavy atom. The molecule has 0 aliphatic heterocycles. The highest BCUT2D eigenvalue weighted by atomic mass is 16.4. The Bertz CT molecular complexity index is 481. The molecule has 0 aromatic carbocycles. The number of H-pyrrole nitrogens is 1. The Morgan fingerprint density at radius 1 is 1.64 bits per heavy atom. The third kappa shape index (κ3) is 1.17. The molecule has 2 aromatic rings. The highest BCUT2D eigenvalue weighted by molar-refractivity contribution is 5.98. The summed E-state index contributed by atoms with van der Waals surface area (Å²) in [6, 6.07) is 1.75. The number of aromatic amines is 1. The van der Waals surface area contributed by atoms with E-state index in [4.69, 9.17) is 9.52 Å². The van der Waals surface area contributed by atoms with Gasteiger partial charge in [-0.3, -0.25) is 5.10 Å². The van der Waals surface area contributed by atoms with Crippen molar-refractivity contribution in [2.45, 2.75) is 19.8 Å². The fraction of sp³-hybridized carbons (Fsp3) is 0.333. The zero-order valence-electron chi connectivity index (χ0n) is 7.87. The maximum absolute atomic E-state index is 10.7. The highest BCUT2D eigenvalue weighted by Gasteiger charge is 2.17. The van der Waals surface area contributed by atoms with E-state index in [0.717, 1.165) is 5.76 Å². The normalized spacial score (nSPS) is 11.4. The number of rotatable bonds is 2. The molecule has 0 amide bonds. The fourth-order valence-corrected chi connectivity index (χ4v) is 1.26. The van der Waals surface area contributed by atoms with Gasteiger partial charge in [0.05, 0.1) is 0 Å². The number of hydrogen-bond donors (Lipinski definition) is 2. The molecule has 0 spiro atoms. The lowest BCUT2D eigenvalue weighted by Crippen LogP contribution is -1.96. The van der Waals surface area contributed by atoms with Gasteiger partial charge in [0.2, 0.25) is 0 Å². The number of hydrogen-bond acceptors (Lipinski definition) is 3. The van der Waals surface area contributed by atoms with Crippen molar-refractivity contribution in [2.75, 3.05) is 0 Å². The van der Waals surface area contributed by atoms with Crippen LogP contribution in [0.3, 0.4) is 0 Å². The largest absolute Gasteiger partial charge is 0.476 e. The molecule has 0 aliphatic rings. The van der Waals surface area contributed by atoms with Crippen molar-refractivity contribution in [3.63, 3.8) is 0 Å². The molecule has 0 saturated heterocycles. The molecule has 74 valence electrons. The van der Waals surface area contributed by atoms with Crippen LogP contribution in [0.2, 0.25) is 0 Å². The topological polar surface area (TPSA) is 79.1 Å². The number of carbonyl (C=O) groups is 1. The van der Waals surface area contributed by atoms with Gasteiger partial charge in [0.1, 0.15) is 11.3 Å². The van der Waals surface area contributed by atoms with Crippen LogP contribution in [0.4, 0.5) is 0 Å². The van der Waals surface area contributed by atoms with Gasteiger partial charge in [0.15, 0.2) is 11.3 Å². The number of nitrogens with one attached hydrogen (secondary N) is 1.